The van der Waals surface area contributed by atoms with E-state index in [1.165, 1.54) is 25.7 Å². The van der Waals surface area contributed by atoms with E-state index in [-0.39, 0.29) is 11.8 Å². The van der Waals surface area contributed by atoms with Gasteiger partial charge in [0, 0.05) is 19.1 Å². The number of hydrogen-bond donors (Lipinski definition) is 1. The van der Waals surface area contributed by atoms with Gasteiger partial charge in [-0.25, -0.2) is 0 Å². The molecule has 1 aromatic carbocycles. The van der Waals surface area contributed by atoms with Crippen LogP contribution in [0.5, 0.6) is 0 Å². The van der Waals surface area contributed by atoms with E-state index in [2.05, 4.69) is 15.2 Å². The van der Waals surface area contributed by atoms with Gasteiger partial charge in [-0.1, -0.05) is 37.8 Å². The molecule has 2 aromatic rings. The second-order valence-corrected chi connectivity index (χ2v) is 7.45. The van der Waals surface area contributed by atoms with Crippen molar-refractivity contribution in [1.82, 2.24) is 10.3 Å². The zero-order valence-electron chi connectivity index (χ0n) is 14.7. The predicted molar refractivity (Wildman–Crippen MR) is 98.6 cm³/mol. The maximum absolute atomic E-state index is 12.7. The van der Waals surface area contributed by atoms with Gasteiger partial charge < -0.3 is 14.6 Å². The number of benzene rings is 1. The Morgan fingerprint density at radius 3 is 2.68 bits per heavy atom. The van der Waals surface area contributed by atoms with Gasteiger partial charge >= 0.3 is 0 Å². The van der Waals surface area contributed by atoms with Gasteiger partial charge in [0.2, 0.25) is 5.91 Å². The van der Waals surface area contributed by atoms with Gasteiger partial charge in [-0.05, 0) is 37.8 Å². The maximum Gasteiger partial charge on any atom is 0.298 e. The summed E-state index contributed by atoms with van der Waals surface area (Å²) in [6, 6.07) is 8.83. The molecule has 5 nitrogen and oxygen atoms in total. The molecule has 0 spiro atoms. The minimum absolute atomic E-state index is 0.0343. The number of anilines is 1. The molecule has 5 heteroatoms. The van der Waals surface area contributed by atoms with Crippen LogP contribution in [0.3, 0.4) is 0 Å². The predicted octanol–water partition coefficient (Wildman–Crippen LogP) is 3.88. The fraction of sp³-hybridized carbons (Fsp3) is 0.600. The summed E-state index contributed by atoms with van der Waals surface area (Å²) in [6.45, 7) is 1.60. The van der Waals surface area contributed by atoms with Gasteiger partial charge in [0.05, 0.1) is 5.92 Å². The first-order chi connectivity index (χ1) is 12.3. The largest absolute Gasteiger partial charge is 0.423 e. The average molecular weight is 341 g/mol. The first kappa shape index (κ1) is 16.4. The van der Waals surface area contributed by atoms with Crippen LogP contribution in [0.1, 0.15) is 51.4 Å². The molecule has 1 atom stereocenters. The van der Waals surface area contributed by atoms with Gasteiger partial charge in [0.25, 0.3) is 6.01 Å². The Morgan fingerprint density at radius 1 is 1.08 bits per heavy atom. The Hall–Kier alpha value is -2.04. The number of piperidine rings is 1. The van der Waals surface area contributed by atoms with Crippen molar-refractivity contribution in [2.24, 2.45) is 5.92 Å². The Morgan fingerprint density at radius 2 is 1.88 bits per heavy atom. The monoisotopic (exact) mass is 341 g/mol. The lowest BCUT2D eigenvalue weighted by molar-refractivity contribution is -0.126. The van der Waals surface area contributed by atoms with E-state index in [0.29, 0.717) is 18.6 Å². The van der Waals surface area contributed by atoms with Crippen LogP contribution in [0.25, 0.3) is 11.1 Å². The van der Waals surface area contributed by atoms with E-state index < -0.39 is 0 Å². The minimum Gasteiger partial charge on any atom is -0.423 e. The highest BCUT2D eigenvalue weighted by Gasteiger charge is 2.29. The number of nitrogens with zero attached hydrogens (tertiary/aromatic N) is 2. The highest BCUT2D eigenvalue weighted by Crippen LogP contribution is 2.27. The average Bonchev–Trinajstić information content (AvgIpc) is 2.92. The molecule has 1 saturated carbocycles. The number of oxazole rings is 1. The first-order valence-corrected chi connectivity index (χ1v) is 9.70. The van der Waals surface area contributed by atoms with E-state index in [4.69, 9.17) is 4.42 Å². The number of para-hydroxylation sites is 2. The molecule has 2 aliphatic rings. The number of carbonyl (C=O) groups excluding carboxylic acids is 1. The molecular weight excluding hydrogens is 314 g/mol. The Bertz CT molecular complexity index is 686. The third-order valence-corrected chi connectivity index (χ3v) is 5.55. The first-order valence-electron chi connectivity index (χ1n) is 9.70. The second kappa shape index (κ2) is 7.46. The van der Waals surface area contributed by atoms with Crippen molar-refractivity contribution in [3.8, 4) is 0 Å². The molecule has 134 valence electrons. The van der Waals surface area contributed by atoms with Crippen LogP contribution in [0, 0.1) is 5.92 Å². The highest BCUT2D eigenvalue weighted by molar-refractivity contribution is 5.80. The molecule has 1 N–H and O–H groups in total. The highest BCUT2D eigenvalue weighted by atomic mass is 16.4. The summed E-state index contributed by atoms with van der Waals surface area (Å²) < 4.78 is 5.89. The molecule has 2 heterocycles. The van der Waals surface area contributed by atoms with Crippen molar-refractivity contribution < 1.29 is 9.21 Å². The lowest BCUT2D eigenvalue weighted by atomic mass is 9.96. The van der Waals surface area contributed by atoms with Crippen molar-refractivity contribution in [3.05, 3.63) is 24.3 Å². The van der Waals surface area contributed by atoms with E-state index in [9.17, 15) is 4.79 Å². The van der Waals surface area contributed by atoms with Gasteiger partial charge in [-0.3, -0.25) is 4.79 Å². The second-order valence-electron chi connectivity index (χ2n) is 7.45. The molecule has 0 bridgehead atoms. The van der Waals surface area contributed by atoms with Crippen molar-refractivity contribution in [2.75, 3.05) is 18.0 Å². The Balaban J connectivity index is 1.40. The van der Waals surface area contributed by atoms with E-state index in [1.54, 1.807) is 0 Å². The Kier molecular flexibility index (Phi) is 4.90. The smallest absolute Gasteiger partial charge is 0.298 e. The molecule has 1 amide bonds. The normalized spacial score (nSPS) is 22.7. The molecular formula is C20H27N3O2. The zero-order chi connectivity index (χ0) is 17.1. The molecule has 1 saturated heterocycles. The molecule has 1 unspecified atom stereocenters. The van der Waals surface area contributed by atoms with Crippen LogP contribution in [0.15, 0.2) is 28.7 Å². The topological polar surface area (TPSA) is 58.4 Å². The van der Waals surface area contributed by atoms with Crippen LogP contribution in [-0.2, 0) is 4.79 Å². The van der Waals surface area contributed by atoms with Gasteiger partial charge in [-0.15, -0.1) is 0 Å². The maximum atomic E-state index is 12.7. The van der Waals surface area contributed by atoms with E-state index in [1.807, 2.05) is 24.3 Å². The molecule has 25 heavy (non-hydrogen) atoms. The van der Waals surface area contributed by atoms with Crippen LogP contribution in [0.4, 0.5) is 6.01 Å². The molecule has 1 aliphatic heterocycles. The summed E-state index contributed by atoms with van der Waals surface area (Å²) in [5, 5.41) is 3.31. The summed E-state index contributed by atoms with van der Waals surface area (Å²) in [4.78, 5) is 19.5. The molecule has 0 radical (unpaired) electrons. The number of nitrogens with one attached hydrogen (secondary N) is 1. The lowest BCUT2D eigenvalue weighted by Gasteiger charge is -2.31. The van der Waals surface area contributed by atoms with Crippen molar-refractivity contribution in [2.45, 2.75) is 57.4 Å². The SMILES string of the molecule is O=C(NC1CCCCCC1)C1CCCN(c2nc3ccccc3o2)C1. The van der Waals surface area contributed by atoms with Gasteiger partial charge in [0.15, 0.2) is 5.58 Å². The van der Waals surface area contributed by atoms with E-state index >= 15 is 0 Å². The van der Waals surface area contributed by atoms with Crippen molar-refractivity contribution >= 4 is 23.0 Å². The standard InChI is InChI=1S/C20H27N3O2/c24-19(21-16-9-3-1-2-4-10-16)15-8-7-13-23(14-15)20-22-17-11-5-6-12-18(17)25-20/h5-6,11-12,15-16H,1-4,7-10,13-14H2,(H,21,24). The third-order valence-electron chi connectivity index (χ3n) is 5.55. The number of aromatic nitrogens is 1. The van der Waals surface area contributed by atoms with Crippen LogP contribution in [0.2, 0.25) is 0 Å². The fourth-order valence-corrected chi connectivity index (χ4v) is 4.10. The summed E-state index contributed by atoms with van der Waals surface area (Å²) in [5.41, 5.74) is 1.69. The third kappa shape index (κ3) is 3.80. The number of amides is 1. The fourth-order valence-electron chi connectivity index (χ4n) is 4.10. The number of carbonyl (C=O) groups is 1. The molecule has 1 aliphatic carbocycles. The quantitative estimate of drug-likeness (QED) is 0.861. The van der Waals surface area contributed by atoms with Crippen molar-refractivity contribution in [3.63, 3.8) is 0 Å². The number of fused-ring (bicyclic) bond motifs is 1. The number of hydrogen-bond acceptors (Lipinski definition) is 4. The van der Waals surface area contributed by atoms with Gasteiger partial charge in [-0.2, -0.15) is 4.98 Å². The summed E-state index contributed by atoms with van der Waals surface area (Å²) in [7, 11) is 0. The molecule has 1 aromatic heterocycles. The molecule has 2 fully saturated rings. The minimum atomic E-state index is 0.0343. The van der Waals surface area contributed by atoms with Crippen molar-refractivity contribution in [1.29, 1.82) is 0 Å². The van der Waals surface area contributed by atoms with E-state index in [0.717, 1.165) is 43.3 Å². The summed E-state index contributed by atoms with van der Waals surface area (Å²) >= 11 is 0. The lowest BCUT2D eigenvalue weighted by Crippen LogP contribution is -2.46. The summed E-state index contributed by atoms with van der Waals surface area (Å²) in [5.74, 6) is 0.250. The van der Waals surface area contributed by atoms with Gasteiger partial charge in [0.1, 0.15) is 5.52 Å². The molecule has 4 rings (SSSR count). The van der Waals surface area contributed by atoms with Crippen LogP contribution >= 0.6 is 0 Å². The summed E-state index contributed by atoms with van der Waals surface area (Å²) in [6.07, 6.45) is 9.31. The van der Waals surface area contributed by atoms with Crippen LogP contribution in [-0.4, -0.2) is 30.0 Å². The Labute approximate surface area is 148 Å². The number of rotatable bonds is 3. The van der Waals surface area contributed by atoms with Crippen LogP contribution < -0.4 is 10.2 Å². The zero-order valence-corrected chi connectivity index (χ0v) is 14.7.